The maximum Gasteiger partial charge on any atom is 0.147 e. The van der Waals surface area contributed by atoms with E-state index < -0.39 is 0 Å². The Labute approximate surface area is 48.9 Å². The van der Waals surface area contributed by atoms with Gasteiger partial charge in [-0.3, -0.25) is 0 Å². The van der Waals surface area contributed by atoms with Gasteiger partial charge in [-0.05, 0) is 13.8 Å². The van der Waals surface area contributed by atoms with E-state index >= 15 is 0 Å². The van der Waals surface area contributed by atoms with Gasteiger partial charge in [0.05, 0.1) is 0 Å². The molecule has 0 aliphatic carbocycles. The van der Waals surface area contributed by atoms with Crippen LogP contribution in [-0.4, -0.2) is 18.8 Å². The quantitative estimate of drug-likeness (QED) is 0.276. The lowest BCUT2D eigenvalue weighted by atomic mass is 10.7. The lowest BCUT2D eigenvalue weighted by Crippen LogP contribution is -1.81. The molecule has 0 unspecified atom stereocenters. The Morgan fingerprint density at radius 1 is 1.62 bits per heavy atom. The zero-order valence-electron chi connectivity index (χ0n) is 5.13. The van der Waals surface area contributed by atoms with E-state index in [-0.39, 0.29) is 0 Å². The minimum Gasteiger partial charge on any atom is -0.244 e. The number of hydrogen-bond acceptors (Lipinski definition) is 2. The van der Waals surface area contributed by atoms with Gasteiger partial charge in [0, 0.05) is 12.9 Å². The number of nitrogens with zero attached hydrogens (tertiary/aromatic N) is 3. The summed E-state index contributed by atoms with van der Waals surface area (Å²) < 4.78 is 0. The van der Waals surface area contributed by atoms with E-state index in [0.717, 1.165) is 0 Å². The average molecular weight is 111 g/mol. The van der Waals surface area contributed by atoms with Gasteiger partial charge < -0.3 is 0 Å². The molecule has 3 heteroatoms. The number of rotatable bonds is 1. The maximum atomic E-state index is 3.81. The van der Waals surface area contributed by atoms with Gasteiger partial charge in [0.2, 0.25) is 0 Å². The molecule has 0 radical (unpaired) electrons. The Morgan fingerprint density at radius 2 is 2.25 bits per heavy atom. The van der Waals surface area contributed by atoms with Gasteiger partial charge in [0.25, 0.3) is 0 Å². The van der Waals surface area contributed by atoms with Crippen LogP contribution in [0, 0.1) is 0 Å². The van der Waals surface area contributed by atoms with Gasteiger partial charge in [-0.2, -0.15) is 5.10 Å². The van der Waals surface area contributed by atoms with E-state index in [9.17, 15) is 0 Å². The predicted octanol–water partition coefficient (Wildman–Crippen LogP) is 1.11. The molecule has 0 saturated carbocycles. The summed E-state index contributed by atoms with van der Waals surface area (Å²) in [7, 11) is 0. The highest BCUT2D eigenvalue weighted by molar-refractivity contribution is 5.86. The van der Waals surface area contributed by atoms with Crippen molar-refractivity contribution in [3.63, 3.8) is 0 Å². The van der Waals surface area contributed by atoms with Crippen LogP contribution < -0.4 is 0 Å². The lowest BCUT2D eigenvalue weighted by molar-refractivity contribution is 1.24. The summed E-state index contributed by atoms with van der Waals surface area (Å²) in [5.74, 6) is 0.627. The van der Waals surface area contributed by atoms with Crippen LogP contribution in [0.3, 0.4) is 0 Å². The van der Waals surface area contributed by atoms with Crippen LogP contribution >= 0.6 is 0 Å². The molecule has 0 aromatic heterocycles. The van der Waals surface area contributed by atoms with Crippen LogP contribution in [0.25, 0.3) is 0 Å². The highest BCUT2D eigenvalue weighted by Crippen LogP contribution is 1.76. The van der Waals surface area contributed by atoms with Crippen LogP contribution in [-0.2, 0) is 0 Å². The van der Waals surface area contributed by atoms with Gasteiger partial charge in [0.15, 0.2) is 0 Å². The fourth-order valence-corrected chi connectivity index (χ4v) is 0.315. The van der Waals surface area contributed by atoms with Gasteiger partial charge >= 0.3 is 0 Å². The standard InChI is InChI=1S/C5H9N3/c1-4-7-5(2)8-6-3/h4H,3H2,1-2H3/b7-4?,8-5-. The van der Waals surface area contributed by atoms with Crippen molar-refractivity contribution in [1.29, 1.82) is 0 Å². The second kappa shape index (κ2) is 4.18. The van der Waals surface area contributed by atoms with Crippen molar-refractivity contribution in [2.45, 2.75) is 13.8 Å². The van der Waals surface area contributed by atoms with E-state index in [1.807, 2.05) is 6.92 Å². The summed E-state index contributed by atoms with van der Waals surface area (Å²) in [4.78, 5) is 3.81. The summed E-state index contributed by atoms with van der Waals surface area (Å²) in [5.41, 5.74) is 0. The molecule has 0 aromatic rings. The van der Waals surface area contributed by atoms with Crippen LogP contribution in [0.1, 0.15) is 13.8 Å². The second-order valence-corrected chi connectivity index (χ2v) is 1.18. The number of aliphatic imine (C=N–C) groups is 1. The molecule has 0 aromatic carbocycles. The molecule has 0 spiro atoms. The van der Waals surface area contributed by atoms with Crippen molar-refractivity contribution in [2.24, 2.45) is 15.2 Å². The van der Waals surface area contributed by atoms with Gasteiger partial charge in [-0.25, -0.2) is 4.99 Å². The van der Waals surface area contributed by atoms with Gasteiger partial charge in [0.1, 0.15) is 5.84 Å². The van der Waals surface area contributed by atoms with Crippen molar-refractivity contribution in [2.75, 3.05) is 0 Å². The smallest absolute Gasteiger partial charge is 0.147 e. The number of hydrogen-bond donors (Lipinski definition) is 0. The molecular weight excluding hydrogens is 102 g/mol. The van der Waals surface area contributed by atoms with Crippen LogP contribution in [0.2, 0.25) is 0 Å². The highest BCUT2D eigenvalue weighted by atomic mass is 15.2. The minimum absolute atomic E-state index is 0.627. The summed E-state index contributed by atoms with van der Waals surface area (Å²) in [6, 6.07) is 0. The normalized spacial score (nSPS) is 12.5. The third-order valence-electron chi connectivity index (χ3n) is 0.531. The Bertz CT molecular complexity index is 124. The molecule has 0 amide bonds. The fourth-order valence-electron chi connectivity index (χ4n) is 0.315. The summed E-state index contributed by atoms with van der Waals surface area (Å²) in [5, 5.41) is 6.83. The molecule has 0 fully saturated rings. The van der Waals surface area contributed by atoms with E-state index in [2.05, 4.69) is 21.9 Å². The molecule has 0 heterocycles. The molecular formula is C5H9N3. The minimum atomic E-state index is 0.627. The Balaban J connectivity index is 3.79. The van der Waals surface area contributed by atoms with Crippen molar-refractivity contribution in [3.05, 3.63) is 0 Å². The van der Waals surface area contributed by atoms with E-state index in [0.29, 0.717) is 5.84 Å². The first-order chi connectivity index (χ1) is 3.81. The van der Waals surface area contributed by atoms with E-state index in [4.69, 9.17) is 0 Å². The Kier molecular flexibility index (Phi) is 3.66. The molecule has 44 valence electrons. The van der Waals surface area contributed by atoms with Crippen molar-refractivity contribution in [3.8, 4) is 0 Å². The third-order valence-corrected chi connectivity index (χ3v) is 0.531. The monoisotopic (exact) mass is 111 g/mol. The van der Waals surface area contributed by atoms with E-state index in [1.165, 1.54) is 0 Å². The SMILES string of the molecule is C=N/N=C(/C)N=CC. The first-order valence-electron chi connectivity index (χ1n) is 2.30. The molecule has 3 nitrogen and oxygen atoms in total. The zero-order valence-corrected chi connectivity index (χ0v) is 5.13. The van der Waals surface area contributed by atoms with E-state index in [1.54, 1.807) is 13.1 Å². The second-order valence-electron chi connectivity index (χ2n) is 1.18. The zero-order chi connectivity index (χ0) is 6.41. The molecule has 0 N–H and O–H groups in total. The van der Waals surface area contributed by atoms with Crippen molar-refractivity contribution >= 4 is 18.8 Å². The molecule has 0 saturated heterocycles. The molecule has 8 heavy (non-hydrogen) atoms. The average Bonchev–Trinajstić information content (AvgIpc) is 1.68. The first-order valence-corrected chi connectivity index (χ1v) is 2.30. The summed E-state index contributed by atoms with van der Waals surface area (Å²) >= 11 is 0. The summed E-state index contributed by atoms with van der Waals surface area (Å²) in [6.45, 7) is 6.75. The lowest BCUT2D eigenvalue weighted by Gasteiger charge is -1.80. The largest absolute Gasteiger partial charge is 0.244 e. The Morgan fingerprint density at radius 3 is 2.62 bits per heavy atom. The van der Waals surface area contributed by atoms with Crippen molar-refractivity contribution < 1.29 is 0 Å². The van der Waals surface area contributed by atoms with Gasteiger partial charge in [-0.15, -0.1) is 5.10 Å². The fraction of sp³-hybridized carbons (Fsp3) is 0.400. The first kappa shape index (κ1) is 7.01. The van der Waals surface area contributed by atoms with Crippen LogP contribution in [0.5, 0.6) is 0 Å². The van der Waals surface area contributed by atoms with Crippen LogP contribution in [0.15, 0.2) is 15.2 Å². The molecule has 0 rings (SSSR count). The topological polar surface area (TPSA) is 37.1 Å². The Hall–Kier alpha value is -0.990. The predicted molar refractivity (Wildman–Crippen MR) is 36.8 cm³/mol. The molecule has 0 bridgehead atoms. The molecule has 0 atom stereocenters. The highest BCUT2D eigenvalue weighted by Gasteiger charge is 1.75. The third kappa shape index (κ3) is 3.21. The number of amidine groups is 1. The maximum absolute atomic E-state index is 3.81. The van der Waals surface area contributed by atoms with Crippen LogP contribution in [0.4, 0.5) is 0 Å². The van der Waals surface area contributed by atoms with Gasteiger partial charge in [-0.1, -0.05) is 0 Å². The molecule has 0 aliphatic heterocycles. The molecule has 0 aliphatic rings. The summed E-state index contributed by atoms with van der Waals surface area (Å²) in [6.07, 6.45) is 1.66. The van der Waals surface area contributed by atoms with Crippen molar-refractivity contribution in [1.82, 2.24) is 0 Å².